The number of nitrogens with zero attached hydrogens (tertiary/aromatic N) is 3. The smallest absolute Gasteiger partial charge is 0.416 e. The molecule has 9 heteroatoms. The maximum Gasteiger partial charge on any atom is 0.416 e. The van der Waals surface area contributed by atoms with E-state index in [1.165, 1.54) is 17.7 Å². The Morgan fingerprint density at radius 2 is 1.77 bits per heavy atom. The van der Waals surface area contributed by atoms with Gasteiger partial charge in [-0.3, -0.25) is 4.90 Å². The fourth-order valence-corrected chi connectivity index (χ4v) is 5.29. The number of hydrogen-bond donors (Lipinski definition) is 0. The summed E-state index contributed by atoms with van der Waals surface area (Å²) in [4.78, 5) is 7.28. The maximum absolute atomic E-state index is 12.9. The second kappa shape index (κ2) is 9.26. The molecule has 2 aliphatic heterocycles. The van der Waals surface area contributed by atoms with Crippen molar-refractivity contribution in [3.8, 4) is 0 Å². The Kier molecular flexibility index (Phi) is 7.12. The van der Waals surface area contributed by atoms with Gasteiger partial charge in [-0.2, -0.15) is 13.2 Å². The lowest BCUT2D eigenvalue weighted by molar-refractivity contribution is -0.137. The zero-order valence-electron chi connectivity index (χ0n) is 16.7. The molecule has 30 heavy (non-hydrogen) atoms. The van der Waals surface area contributed by atoms with Gasteiger partial charge < -0.3 is 14.4 Å². The molecule has 1 saturated heterocycles. The molecule has 164 valence electrons. The SMILES string of the molecule is CN1C[S+]([O-])c2cc(CCN3CCN(c4cccc(C(F)(F)F)c4)CC3)ccc21.Cl. The maximum atomic E-state index is 12.9. The van der Waals surface area contributed by atoms with Crippen LogP contribution < -0.4 is 9.80 Å². The van der Waals surface area contributed by atoms with E-state index in [0.717, 1.165) is 42.7 Å². The van der Waals surface area contributed by atoms with Crippen molar-refractivity contribution >= 4 is 35.0 Å². The number of halogens is 4. The largest absolute Gasteiger partial charge is 0.610 e. The van der Waals surface area contributed by atoms with Crippen LogP contribution in [0.25, 0.3) is 0 Å². The lowest BCUT2D eigenvalue weighted by Gasteiger charge is -2.36. The van der Waals surface area contributed by atoms with Crippen molar-refractivity contribution in [1.82, 2.24) is 4.90 Å². The first-order valence-corrected chi connectivity index (χ1v) is 11.0. The minimum Gasteiger partial charge on any atom is -0.610 e. The van der Waals surface area contributed by atoms with Crippen molar-refractivity contribution in [3.05, 3.63) is 53.6 Å². The van der Waals surface area contributed by atoms with E-state index in [2.05, 4.69) is 11.0 Å². The molecular weight excluding hydrogens is 435 g/mol. The van der Waals surface area contributed by atoms with Gasteiger partial charge in [-0.05, 0) is 42.3 Å². The highest BCUT2D eigenvalue weighted by Crippen LogP contribution is 2.34. The molecule has 0 bridgehead atoms. The Bertz CT molecular complexity index is 875. The monoisotopic (exact) mass is 459 g/mol. The van der Waals surface area contributed by atoms with Crippen LogP contribution in [0.2, 0.25) is 0 Å². The molecule has 0 aromatic heterocycles. The lowest BCUT2D eigenvalue weighted by Crippen LogP contribution is -2.47. The van der Waals surface area contributed by atoms with Crippen LogP contribution in [0.3, 0.4) is 0 Å². The first-order chi connectivity index (χ1) is 13.8. The van der Waals surface area contributed by atoms with Gasteiger partial charge in [-0.15, -0.1) is 12.4 Å². The fourth-order valence-electron chi connectivity index (χ4n) is 3.92. The van der Waals surface area contributed by atoms with Crippen molar-refractivity contribution in [2.24, 2.45) is 0 Å². The van der Waals surface area contributed by atoms with Crippen LogP contribution in [0.15, 0.2) is 47.4 Å². The molecule has 0 radical (unpaired) electrons. The number of benzene rings is 2. The number of hydrogen-bond acceptors (Lipinski definition) is 4. The molecule has 2 aromatic rings. The molecule has 4 rings (SSSR count). The Morgan fingerprint density at radius 1 is 1.03 bits per heavy atom. The van der Waals surface area contributed by atoms with Gasteiger partial charge in [-0.25, -0.2) is 0 Å². The topological polar surface area (TPSA) is 32.8 Å². The Labute approximate surface area is 184 Å². The van der Waals surface area contributed by atoms with Gasteiger partial charge in [0.15, 0.2) is 10.8 Å². The molecular formula is C21H25ClF3N3OS. The van der Waals surface area contributed by atoms with Crippen LogP contribution in [0.1, 0.15) is 11.1 Å². The Hall–Kier alpha value is -1.61. The predicted molar refractivity (Wildman–Crippen MR) is 117 cm³/mol. The number of fused-ring (bicyclic) bond motifs is 1. The average Bonchev–Trinajstić information content (AvgIpc) is 2.99. The third-order valence-corrected chi connectivity index (χ3v) is 7.06. The summed E-state index contributed by atoms with van der Waals surface area (Å²) in [5, 5.41) is 0. The van der Waals surface area contributed by atoms with E-state index in [0.29, 0.717) is 24.7 Å². The number of alkyl halides is 3. The normalized spacial score (nSPS) is 19.6. The standard InChI is InChI=1S/C21H24F3N3OS.ClH/c1-25-15-29(28)20-13-16(5-6-19(20)25)7-8-26-9-11-27(12-10-26)18-4-2-3-17(14-18)21(22,23)24;/h2-6,13-14H,7-12,15H2,1H3;1H. The van der Waals surface area contributed by atoms with Crippen LogP contribution >= 0.6 is 12.4 Å². The van der Waals surface area contributed by atoms with Gasteiger partial charge in [0.25, 0.3) is 0 Å². The molecule has 1 unspecified atom stereocenters. The summed E-state index contributed by atoms with van der Waals surface area (Å²) in [5.74, 6) is 0.552. The molecule has 0 amide bonds. The van der Waals surface area contributed by atoms with E-state index < -0.39 is 22.9 Å². The van der Waals surface area contributed by atoms with E-state index in [9.17, 15) is 17.7 Å². The molecule has 2 aliphatic rings. The molecule has 2 heterocycles. The van der Waals surface area contributed by atoms with Crippen LogP contribution in [0.4, 0.5) is 24.5 Å². The van der Waals surface area contributed by atoms with Crippen molar-refractivity contribution in [3.63, 3.8) is 0 Å². The molecule has 1 fully saturated rings. The van der Waals surface area contributed by atoms with E-state index in [1.807, 2.05) is 29.0 Å². The third-order valence-electron chi connectivity index (χ3n) is 5.62. The first-order valence-electron chi connectivity index (χ1n) is 9.68. The summed E-state index contributed by atoms with van der Waals surface area (Å²) in [7, 11) is 1.95. The quantitative estimate of drug-likeness (QED) is 0.647. The molecule has 0 spiro atoms. The van der Waals surface area contributed by atoms with E-state index >= 15 is 0 Å². The summed E-state index contributed by atoms with van der Waals surface area (Å²) >= 11 is -0.955. The van der Waals surface area contributed by atoms with Crippen molar-refractivity contribution in [1.29, 1.82) is 0 Å². The molecule has 2 aromatic carbocycles. The number of anilines is 2. The number of piperazine rings is 1. The first kappa shape index (κ1) is 23.1. The van der Waals surface area contributed by atoms with Crippen molar-refractivity contribution < 1.29 is 17.7 Å². The van der Waals surface area contributed by atoms with Crippen molar-refractivity contribution in [2.75, 3.05) is 55.4 Å². The van der Waals surface area contributed by atoms with Crippen LogP contribution in [-0.2, 0) is 23.8 Å². The summed E-state index contributed by atoms with van der Waals surface area (Å²) in [6.45, 7) is 3.93. The van der Waals surface area contributed by atoms with Gasteiger partial charge in [0.05, 0.1) is 11.3 Å². The second-order valence-electron chi connectivity index (χ2n) is 7.60. The average molecular weight is 460 g/mol. The second-order valence-corrected chi connectivity index (χ2v) is 8.99. The fraction of sp³-hybridized carbons (Fsp3) is 0.429. The highest BCUT2D eigenvalue weighted by Gasteiger charge is 2.31. The third kappa shape index (κ3) is 4.99. The van der Waals surface area contributed by atoms with Gasteiger partial charge in [0.1, 0.15) is 0 Å². The van der Waals surface area contributed by atoms with Gasteiger partial charge in [0, 0.05) is 56.6 Å². The van der Waals surface area contributed by atoms with E-state index in [-0.39, 0.29) is 12.4 Å². The predicted octanol–water partition coefficient (Wildman–Crippen LogP) is 4.01. The minimum absolute atomic E-state index is 0. The van der Waals surface area contributed by atoms with Gasteiger partial charge in [0.2, 0.25) is 0 Å². The van der Waals surface area contributed by atoms with E-state index in [1.54, 1.807) is 6.07 Å². The molecule has 0 saturated carbocycles. The zero-order chi connectivity index (χ0) is 20.6. The highest BCUT2D eigenvalue weighted by molar-refractivity contribution is 7.92. The summed E-state index contributed by atoms with van der Waals surface area (Å²) < 4.78 is 51.0. The molecule has 4 nitrogen and oxygen atoms in total. The molecule has 1 atom stereocenters. The van der Waals surface area contributed by atoms with Gasteiger partial charge >= 0.3 is 6.18 Å². The summed E-state index contributed by atoms with van der Waals surface area (Å²) in [6, 6.07) is 11.7. The van der Waals surface area contributed by atoms with Crippen LogP contribution in [0.5, 0.6) is 0 Å². The Balaban J connectivity index is 0.00000256. The van der Waals surface area contributed by atoms with E-state index in [4.69, 9.17) is 0 Å². The van der Waals surface area contributed by atoms with Crippen LogP contribution in [0, 0.1) is 0 Å². The summed E-state index contributed by atoms with van der Waals surface area (Å²) in [5.41, 5.74) is 2.25. The van der Waals surface area contributed by atoms with Gasteiger partial charge in [-0.1, -0.05) is 12.1 Å². The highest BCUT2D eigenvalue weighted by atomic mass is 35.5. The van der Waals surface area contributed by atoms with Crippen LogP contribution in [-0.4, -0.2) is 55.1 Å². The minimum atomic E-state index is -4.31. The molecule has 0 N–H and O–H groups in total. The lowest BCUT2D eigenvalue weighted by atomic mass is 10.1. The Morgan fingerprint density at radius 3 is 2.47 bits per heavy atom. The zero-order valence-corrected chi connectivity index (χ0v) is 18.3. The van der Waals surface area contributed by atoms with Crippen molar-refractivity contribution in [2.45, 2.75) is 17.5 Å². The summed E-state index contributed by atoms with van der Waals surface area (Å²) in [6.07, 6.45) is -3.44. The molecule has 0 aliphatic carbocycles. The number of rotatable bonds is 4.